The highest BCUT2D eigenvalue weighted by molar-refractivity contribution is 5.28. The van der Waals surface area contributed by atoms with E-state index in [1.54, 1.807) is 13.3 Å². The first kappa shape index (κ1) is 14.3. The highest BCUT2D eigenvalue weighted by Crippen LogP contribution is 2.43. The minimum absolute atomic E-state index is 0.110. The molecule has 0 aromatic carbocycles. The largest absolute Gasteiger partial charge is 0.493 e. The van der Waals surface area contributed by atoms with Gasteiger partial charge in [0.2, 0.25) is 0 Å². The van der Waals surface area contributed by atoms with Crippen LogP contribution < -0.4 is 16.0 Å². The minimum atomic E-state index is 0.110. The number of methoxy groups -OCH3 is 1. The summed E-state index contributed by atoms with van der Waals surface area (Å²) >= 11 is 0. The minimum Gasteiger partial charge on any atom is -0.493 e. The molecule has 0 saturated heterocycles. The van der Waals surface area contributed by atoms with Crippen molar-refractivity contribution in [2.24, 2.45) is 24.2 Å². The van der Waals surface area contributed by atoms with Crippen LogP contribution in [0.1, 0.15) is 51.3 Å². The lowest BCUT2D eigenvalue weighted by Gasteiger charge is -2.37. The molecule has 1 aliphatic rings. The van der Waals surface area contributed by atoms with Gasteiger partial charge in [-0.3, -0.25) is 16.0 Å². The first-order valence-electron chi connectivity index (χ1n) is 7.00. The molecule has 0 amide bonds. The third-order valence-corrected chi connectivity index (χ3v) is 4.50. The fourth-order valence-corrected chi connectivity index (χ4v) is 3.13. The molecule has 0 bridgehead atoms. The van der Waals surface area contributed by atoms with Gasteiger partial charge in [0.25, 0.3) is 0 Å². The molecule has 5 nitrogen and oxygen atoms in total. The normalized spacial score (nSPS) is 21.3. The summed E-state index contributed by atoms with van der Waals surface area (Å²) in [5.41, 5.74) is 4.49. The van der Waals surface area contributed by atoms with Crippen molar-refractivity contribution in [3.63, 3.8) is 0 Å². The number of hydrogen-bond acceptors (Lipinski definition) is 4. The van der Waals surface area contributed by atoms with Crippen LogP contribution in [0.2, 0.25) is 0 Å². The van der Waals surface area contributed by atoms with Crippen LogP contribution in [0.15, 0.2) is 6.20 Å². The van der Waals surface area contributed by atoms with Gasteiger partial charge in [0, 0.05) is 7.05 Å². The Morgan fingerprint density at radius 2 is 2.11 bits per heavy atom. The number of hydrogen-bond donors (Lipinski definition) is 2. The SMILES string of the molecule is COc1cnn(C)c1C(NN)C1CCC(C)(C)CC1. The van der Waals surface area contributed by atoms with Crippen LogP contribution in [0.25, 0.3) is 0 Å². The summed E-state index contributed by atoms with van der Waals surface area (Å²) in [5, 5.41) is 4.28. The molecule has 1 aliphatic carbocycles. The van der Waals surface area contributed by atoms with Crippen molar-refractivity contribution in [2.75, 3.05) is 7.11 Å². The van der Waals surface area contributed by atoms with Crippen molar-refractivity contribution < 1.29 is 4.74 Å². The lowest BCUT2D eigenvalue weighted by atomic mass is 9.70. The molecule has 0 aliphatic heterocycles. The summed E-state index contributed by atoms with van der Waals surface area (Å²) in [7, 11) is 3.62. The molecule has 19 heavy (non-hydrogen) atoms. The molecule has 0 spiro atoms. The number of aryl methyl sites for hydroxylation is 1. The zero-order chi connectivity index (χ0) is 14.0. The number of ether oxygens (including phenoxy) is 1. The third kappa shape index (κ3) is 2.92. The number of hydrazine groups is 1. The molecule has 1 aromatic rings. The second-order valence-electron chi connectivity index (χ2n) is 6.37. The van der Waals surface area contributed by atoms with E-state index in [4.69, 9.17) is 10.6 Å². The second kappa shape index (κ2) is 5.51. The Balaban J connectivity index is 2.18. The van der Waals surface area contributed by atoms with Crippen LogP contribution in [0.5, 0.6) is 5.75 Å². The zero-order valence-electron chi connectivity index (χ0n) is 12.4. The molecule has 1 unspecified atom stereocenters. The molecule has 0 radical (unpaired) electrons. The van der Waals surface area contributed by atoms with Crippen LogP contribution >= 0.6 is 0 Å². The molecule has 1 heterocycles. The Labute approximate surface area is 115 Å². The summed E-state index contributed by atoms with van der Waals surface area (Å²) in [4.78, 5) is 0. The smallest absolute Gasteiger partial charge is 0.161 e. The van der Waals surface area contributed by atoms with Crippen LogP contribution in [-0.4, -0.2) is 16.9 Å². The molecular formula is C14H26N4O. The number of nitrogens with two attached hydrogens (primary N) is 1. The van der Waals surface area contributed by atoms with Gasteiger partial charge in [-0.15, -0.1) is 0 Å². The van der Waals surface area contributed by atoms with Gasteiger partial charge in [-0.25, -0.2) is 0 Å². The first-order valence-corrected chi connectivity index (χ1v) is 7.00. The average molecular weight is 266 g/mol. The van der Waals surface area contributed by atoms with E-state index in [0.29, 0.717) is 11.3 Å². The fraction of sp³-hybridized carbons (Fsp3) is 0.786. The lowest BCUT2D eigenvalue weighted by Crippen LogP contribution is -2.37. The number of rotatable bonds is 4. The molecule has 1 saturated carbocycles. The molecule has 1 fully saturated rings. The highest BCUT2D eigenvalue weighted by Gasteiger charge is 2.34. The first-order chi connectivity index (χ1) is 8.98. The Morgan fingerprint density at radius 3 is 2.63 bits per heavy atom. The third-order valence-electron chi connectivity index (χ3n) is 4.50. The van der Waals surface area contributed by atoms with E-state index >= 15 is 0 Å². The Kier molecular flexibility index (Phi) is 4.16. The van der Waals surface area contributed by atoms with E-state index in [1.807, 2.05) is 11.7 Å². The van der Waals surface area contributed by atoms with Crippen molar-refractivity contribution in [1.29, 1.82) is 0 Å². The molecule has 5 heteroatoms. The second-order valence-corrected chi connectivity index (χ2v) is 6.37. The Bertz CT molecular complexity index is 417. The molecule has 108 valence electrons. The van der Waals surface area contributed by atoms with E-state index < -0.39 is 0 Å². The standard InChI is InChI=1S/C14H26N4O/c1-14(2)7-5-10(6-8-14)12(17-15)13-11(19-4)9-16-18(13)3/h9-10,12,17H,5-8,15H2,1-4H3. The topological polar surface area (TPSA) is 65.1 Å². The van der Waals surface area contributed by atoms with Crippen molar-refractivity contribution in [1.82, 2.24) is 15.2 Å². The maximum absolute atomic E-state index is 5.81. The maximum Gasteiger partial charge on any atom is 0.161 e. The number of aromatic nitrogens is 2. The highest BCUT2D eigenvalue weighted by atomic mass is 16.5. The van der Waals surface area contributed by atoms with E-state index in [1.165, 1.54) is 25.7 Å². The Morgan fingerprint density at radius 1 is 1.47 bits per heavy atom. The van der Waals surface area contributed by atoms with E-state index in [9.17, 15) is 0 Å². The zero-order valence-corrected chi connectivity index (χ0v) is 12.4. The van der Waals surface area contributed by atoms with Crippen molar-refractivity contribution in [3.05, 3.63) is 11.9 Å². The summed E-state index contributed by atoms with van der Waals surface area (Å²) < 4.78 is 7.27. The fourth-order valence-electron chi connectivity index (χ4n) is 3.13. The summed E-state index contributed by atoms with van der Waals surface area (Å²) in [6, 6.07) is 0.110. The summed E-state index contributed by atoms with van der Waals surface area (Å²) in [6.45, 7) is 4.69. The molecular weight excluding hydrogens is 240 g/mol. The summed E-state index contributed by atoms with van der Waals surface area (Å²) in [6.07, 6.45) is 6.63. The molecule has 3 N–H and O–H groups in total. The monoisotopic (exact) mass is 266 g/mol. The van der Waals surface area contributed by atoms with Crippen LogP contribution in [-0.2, 0) is 7.05 Å². The van der Waals surface area contributed by atoms with E-state index in [2.05, 4.69) is 24.4 Å². The van der Waals surface area contributed by atoms with E-state index in [-0.39, 0.29) is 6.04 Å². The molecule has 1 atom stereocenters. The maximum atomic E-state index is 5.81. The van der Waals surface area contributed by atoms with Crippen LogP contribution in [0, 0.1) is 11.3 Å². The van der Waals surface area contributed by atoms with Gasteiger partial charge in [-0.05, 0) is 37.0 Å². The number of nitrogens with zero attached hydrogens (tertiary/aromatic N) is 2. The van der Waals surface area contributed by atoms with Gasteiger partial charge in [0.1, 0.15) is 0 Å². The predicted octanol–water partition coefficient (Wildman–Crippen LogP) is 2.15. The predicted molar refractivity (Wildman–Crippen MR) is 75.6 cm³/mol. The summed E-state index contributed by atoms with van der Waals surface area (Å²) in [5.74, 6) is 7.17. The molecule has 2 rings (SSSR count). The van der Waals surface area contributed by atoms with Crippen molar-refractivity contribution in [2.45, 2.75) is 45.6 Å². The molecule has 1 aromatic heterocycles. The van der Waals surface area contributed by atoms with Crippen molar-refractivity contribution >= 4 is 0 Å². The van der Waals surface area contributed by atoms with Gasteiger partial charge in [-0.2, -0.15) is 5.10 Å². The van der Waals surface area contributed by atoms with Gasteiger partial charge in [-0.1, -0.05) is 13.8 Å². The van der Waals surface area contributed by atoms with Crippen LogP contribution in [0.4, 0.5) is 0 Å². The Hall–Kier alpha value is -1.07. The van der Waals surface area contributed by atoms with E-state index in [0.717, 1.165) is 11.4 Å². The van der Waals surface area contributed by atoms with Gasteiger partial charge >= 0.3 is 0 Å². The van der Waals surface area contributed by atoms with Gasteiger partial charge in [0.15, 0.2) is 5.75 Å². The van der Waals surface area contributed by atoms with Gasteiger partial charge in [0.05, 0.1) is 25.0 Å². The average Bonchev–Trinajstić information content (AvgIpc) is 2.74. The van der Waals surface area contributed by atoms with Crippen molar-refractivity contribution in [3.8, 4) is 5.75 Å². The van der Waals surface area contributed by atoms with Crippen LogP contribution in [0.3, 0.4) is 0 Å². The number of nitrogens with one attached hydrogen (secondary N) is 1. The van der Waals surface area contributed by atoms with Gasteiger partial charge < -0.3 is 4.74 Å². The lowest BCUT2D eigenvalue weighted by molar-refractivity contribution is 0.157. The quantitative estimate of drug-likeness (QED) is 0.647.